The topological polar surface area (TPSA) is 62.2 Å². The molecule has 1 saturated heterocycles. The van der Waals surface area contributed by atoms with E-state index in [9.17, 15) is 4.79 Å². The summed E-state index contributed by atoms with van der Waals surface area (Å²) in [5.41, 5.74) is 8.73. The molecule has 6 nitrogen and oxygen atoms in total. The van der Waals surface area contributed by atoms with E-state index < -0.39 is 0 Å². The molecule has 0 bridgehead atoms. The Kier molecular flexibility index (Phi) is 7.29. The van der Waals surface area contributed by atoms with Gasteiger partial charge < -0.3 is 20.1 Å². The van der Waals surface area contributed by atoms with Gasteiger partial charge in [0, 0.05) is 47.5 Å². The van der Waals surface area contributed by atoms with Gasteiger partial charge in [0.25, 0.3) is 0 Å². The number of benzene rings is 2. The van der Waals surface area contributed by atoms with Crippen molar-refractivity contribution >= 4 is 28.9 Å². The van der Waals surface area contributed by atoms with Crippen LogP contribution in [0.25, 0.3) is 5.69 Å². The van der Waals surface area contributed by atoms with Crippen molar-refractivity contribution in [3.05, 3.63) is 113 Å². The van der Waals surface area contributed by atoms with Crippen LogP contribution in [-0.2, 0) is 4.79 Å². The van der Waals surface area contributed by atoms with Crippen LogP contribution in [0.4, 0.5) is 5.69 Å². The minimum absolute atomic E-state index is 0.0337. The number of nitrogens with one attached hydrogen (secondary N) is 2. The van der Waals surface area contributed by atoms with Gasteiger partial charge in [-0.2, -0.15) is 0 Å². The third kappa shape index (κ3) is 4.82. The highest BCUT2D eigenvalue weighted by Crippen LogP contribution is 2.43. The molecule has 1 aliphatic heterocycles. The van der Waals surface area contributed by atoms with Crippen LogP contribution in [0.15, 0.2) is 79.0 Å². The highest BCUT2D eigenvalue weighted by Gasteiger charge is 2.42. The number of aryl methyl sites for hydroxylation is 1. The Morgan fingerprint density at radius 3 is 2.37 bits per heavy atom. The second-order valence-electron chi connectivity index (χ2n) is 9.81. The fourth-order valence-corrected chi connectivity index (χ4v) is 5.85. The van der Waals surface area contributed by atoms with E-state index >= 15 is 0 Å². The molecule has 1 amide bonds. The van der Waals surface area contributed by atoms with Crippen molar-refractivity contribution in [1.82, 2.24) is 19.8 Å². The lowest BCUT2D eigenvalue weighted by Gasteiger charge is -2.29. The summed E-state index contributed by atoms with van der Waals surface area (Å²) in [5, 5.41) is 7.22. The summed E-state index contributed by atoms with van der Waals surface area (Å²) in [4.78, 5) is 19.8. The SMILES string of the molecule is Cc1ccccc1NC(=O)CCN1C(=S)N[C@H](c2ccccn2)[C@@H]1c1c(C)c(C)n(-c2ccccc2)c1C. The Bertz CT molecular complexity index is 1460. The second-order valence-corrected chi connectivity index (χ2v) is 10.2. The lowest BCUT2D eigenvalue weighted by Crippen LogP contribution is -2.33. The first-order valence-electron chi connectivity index (χ1n) is 12.9. The van der Waals surface area contributed by atoms with Crippen molar-refractivity contribution in [1.29, 1.82) is 0 Å². The van der Waals surface area contributed by atoms with Gasteiger partial charge in [-0.3, -0.25) is 9.78 Å². The summed E-state index contributed by atoms with van der Waals surface area (Å²) < 4.78 is 2.31. The summed E-state index contributed by atoms with van der Waals surface area (Å²) in [6.45, 7) is 8.99. The van der Waals surface area contributed by atoms with Crippen molar-refractivity contribution in [2.45, 2.75) is 46.2 Å². The molecule has 1 fully saturated rings. The molecule has 7 heteroatoms. The number of pyridine rings is 1. The quantitative estimate of drug-likeness (QED) is 0.286. The number of thiocarbonyl (C=S) groups is 1. The number of rotatable bonds is 7. The smallest absolute Gasteiger partial charge is 0.226 e. The molecule has 0 aliphatic carbocycles. The van der Waals surface area contributed by atoms with E-state index in [4.69, 9.17) is 12.2 Å². The molecular weight excluding hydrogens is 490 g/mol. The summed E-state index contributed by atoms with van der Waals surface area (Å²) in [5.74, 6) is -0.0337. The monoisotopic (exact) mass is 523 g/mol. The molecule has 0 spiro atoms. The van der Waals surface area contributed by atoms with Crippen LogP contribution in [0.1, 0.15) is 52.3 Å². The van der Waals surface area contributed by atoms with E-state index in [2.05, 4.69) is 70.1 Å². The Hall–Kier alpha value is -3.97. The van der Waals surface area contributed by atoms with Gasteiger partial charge in [0.05, 0.1) is 17.8 Å². The minimum atomic E-state index is -0.133. The maximum atomic E-state index is 13.0. The summed E-state index contributed by atoms with van der Waals surface area (Å²) in [6.07, 6.45) is 2.13. The van der Waals surface area contributed by atoms with Crippen LogP contribution in [-0.4, -0.2) is 32.0 Å². The van der Waals surface area contributed by atoms with Crippen LogP contribution in [0.3, 0.4) is 0 Å². The van der Waals surface area contributed by atoms with Gasteiger partial charge >= 0.3 is 0 Å². The normalized spacial score (nSPS) is 16.9. The van der Waals surface area contributed by atoms with E-state index in [0.717, 1.165) is 28.3 Å². The molecule has 1 aliphatic rings. The molecular formula is C31H33N5OS. The van der Waals surface area contributed by atoms with Gasteiger partial charge in [0.1, 0.15) is 0 Å². The average molecular weight is 524 g/mol. The molecule has 0 unspecified atom stereocenters. The molecule has 38 heavy (non-hydrogen) atoms. The largest absolute Gasteiger partial charge is 0.352 e. The first-order valence-corrected chi connectivity index (χ1v) is 13.3. The highest BCUT2D eigenvalue weighted by molar-refractivity contribution is 7.80. The summed E-state index contributed by atoms with van der Waals surface area (Å²) in [7, 11) is 0. The van der Waals surface area contributed by atoms with Crippen molar-refractivity contribution in [2.24, 2.45) is 0 Å². The van der Waals surface area contributed by atoms with E-state index in [-0.39, 0.29) is 18.0 Å². The van der Waals surface area contributed by atoms with Crippen LogP contribution in [0, 0.1) is 27.7 Å². The molecule has 2 atom stereocenters. The van der Waals surface area contributed by atoms with Gasteiger partial charge in [-0.25, -0.2) is 0 Å². The zero-order valence-corrected chi connectivity index (χ0v) is 23.0. The highest BCUT2D eigenvalue weighted by atomic mass is 32.1. The van der Waals surface area contributed by atoms with Crippen molar-refractivity contribution < 1.29 is 4.79 Å². The van der Waals surface area contributed by atoms with Gasteiger partial charge in [-0.1, -0.05) is 42.5 Å². The van der Waals surface area contributed by atoms with E-state index in [1.807, 2.05) is 61.7 Å². The number of amides is 1. The third-order valence-corrected chi connectivity index (χ3v) is 7.87. The molecule has 0 saturated carbocycles. The standard InChI is InChI=1S/C31H33N5OS/c1-20-12-8-9-15-25(20)33-27(37)17-19-35-30(29(34-31(35)38)26-16-10-11-18-32-26)28-21(2)22(3)36(23(28)4)24-13-6-5-7-14-24/h5-16,18,29-30H,17,19H2,1-4H3,(H,33,37)(H,34,38)/t29-,30+/m1/s1. The van der Waals surface area contributed by atoms with Crippen molar-refractivity contribution in [2.75, 3.05) is 11.9 Å². The Balaban J connectivity index is 1.50. The predicted molar refractivity (Wildman–Crippen MR) is 157 cm³/mol. The zero-order chi connectivity index (χ0) is 26.8. The van der Waals surface area contributed by atoms with Crippen LogP contribution in [0.2, 0.25) is 0 Å². The van der Waals surface area contributed by atoms with Crippen molar-refractivity contribution in [3.8, 4) is 5.69 Å². The predicted octanol–water partition coefficient (Wildman–Crippen LogP) is 6.11. The number of para-hydroxylation sites is 2. The van der Waals surface area contributed by atoms with Gasteiger partial charge in [0.2, 0.25) is 5.91 Å². The first-order chi connectivity index (χ1) is 18.4. The number of carbonyl (C=O) groups excluding carboxylic acids is 1. The molecule has 5 rings (SSSR count). The second kappa shape index (κ2) is 10.8. The van der Waals surface area contributed by atoms with Gasteiger partial charge in [-0.05, 0) is 81.4 Å². The number of hydrogen-bond donors (Lipinski definition) is 2. The third-order valence-electron chi connectivity index (χ3n) is 7.51. The number of hydrogen-bond acceptors (Lipinski definition) is 3. The van der Waals surface area contributed by atoms with Crippen LogP contribution < -0.4 is 10.6 Å². The number of anilines is 1. The fraction of sp³-hybridized carbons (Fsp3) is 0.258. The molecule has 0 radical (unpaired) electrons. The Morgan fingerprint density at radius 1 is 0.947 bits per heavy atom. The fourth-order valence-electron chi connectivity index (χ4n) is 5.51. The molecule has 2 aromatic heterocycles. The molecule has 2 N–H and O–H groups in total. The average Bonchev–Trinajstić information content (AvgIpc) is 3.36. The van der Waals surface area contributed by atoms with Crippen LogP contribution >= 0.6 is 12.2 Å². The molecule has 3 heterocycles. The van der Waals surface area contributed by atoms with E-state index in [1.54, 1.807) is 0 Å². The van der Waals surface area contributed by atoms with E-state index in [0.29, 0.717) is 18.1 Å². The maximum absolute atomic E-state index is 13.0. The molecule has 194 valence electrons. The number of nitrogens with zero attached hydrogens (tertiary/aromatic N) is 3. The summed E-state index contributed by atoms with van der Waals surface area (Å²) >= 11 is 5.87. The zero-order valence-electron chi connectivity index (χ0n) is 22.2. The van der Waals surface area contributed by atoms with E-state index in [1.165, 1.54) is 16.8 Å². The molecule has 2 aromatic carbocycles. The number of aromatic nitrogens is 2. The van der Waals surface area contributed by atoms with Crippen LogP contribution in [0.5, 0.6) is 0 Å². The lowest BCUT2D eigenvalue weighted by atomic mass is 9.93. The van der Waals surface area contributed by atoms with Gasteiger partial charge in [0.15, 0.2) is 5.11 Å². The maximum Gasteiger partial charge on any atom is 0.226 e. The molecule has 4 aromatic rings. The Morgan fingerprint density at radius 2 is 1.66 bits per heavy atom. The number of carbonyl (C=O) groups is 1. The Labute approximate surface area is 229 Å². The summed E-state index contributed by atoms with van der Waals surface area (Å²) in [6, 6.07) is 24.0. The minimum Gasteiger partial charge on any atom is -0.352 e. The first kappa shape index (κ1) is 25.7. The lowest BCUT2D eigenvalue weighted by molar-refractivity contribution is -0.116. The van der Waals surface area contributed by atoms with Crippen molar-refractivity contribution in [3.63, 3.8) is 0 Å². The van der Waals surface area contributed by atoms with Gasteiger partial charge in [-0.15, -0.1) is 0 Å².